The Hall–Kier alpha value is -3.04. The molecule has 3 atom stereocenters. The molecular weight excluding hydrogens is 418 g/mol. The van der Waals surface area contributed by atoms with E-state index in [9.17, 15) is 0 Å². The zero-order valence-corrected chi connectivity index (χ0v) is 19.7. The van der Waals surface area contributed by atoms with Gasteiger partial charge in [0.15, 0.2) is 0 Å². The molecule has 0 radical (unpaired) electrons. The van der Waals surface area contributed by atoms with Crippen molar-refractivity contribution in [2.24, 2.45) is 10.7 Å². The fourth-order valence-corrected chi connectivity index (χ4v) is 4.78. The maximum atomic E-state index is 6.46. The van der Waals surface area contributed by atoms with Gasteiger partial charge in [0.05, 0.1) is 32.2 Å². The van der Waals surface area contributed by atoms with E-state index in [0.717, 1.165) is 29.8 Å². The predicted molar refractivity (Wildman–Crippen MR) is 129 cm³/mol. The van der Waals surface area contributed by atoms with Gasteiger partial charge in [-0.15, -0.1) is 5.10 Å². The molecule has 33 heavy (non-hydrogen) atoms. The number of hydrogen-bond acceptors (Lipinski definition) is 8. The molecule has 0 saturated carbocycles. The van der Waals surface area contributed by atoms with Gasteiger partial charge in [0.25, 0.3) is 0 Å². The summed E-state index contributed by atoms with van der Waals surface area (Å²) < 4.78 is 10.7. The van der Waals surface area contributed by atoms with Crippen LogP contribution in [0.1, 0.15) is 37.4 Å². The van der Waals surface area contributed by atoms with Crippen LogP contribution >= 0.6 is 0 Å². The molecule has 0 spiro atoms. The van der Waals surface area contributed by atoms with Crippen LogP contribution in [0.15, 0.2) is 41.5 Å². The molecule has 2 fully saturated rings. The van der Waals surface area contributed by atoms with E-state index in [-0.39, 0.29) is 0 Å². The van der Waals surface area contributed by atoms with Crippen molar-refractivity contribution in [2.75, 3.05) is 28.3 Å². The minimum absolute atomic E-state index is 0.396. The number of ether oxygens (including phenoxy) is 2. The van der Waals surface area contributed by atoms with Gasteiger partial charge in [-0.25, -0.2) is 4.98 Å². The number of rotatable bonds is 7. The predicted octanol–water partition coefficient (Wildman–Crippen LogP) is 2.35. The van der Waals surface area contributed by atoms with E-state index in [0.29, 0.717) is 35.6 Å². The molecule has 3 N–H and O–H groups in total. The van der Waals surface area contributed by atoms with Gasteiger partial charge >= 0.3 is 0 Å². The molecule has 2 bridgehead atoms. The van der Waals surface area contributed by atoms with Gasteiger partial charge < -0.3 is 25.4 Å². The van der Waals surface area contributed by atoms with Crippen LogP contribution in [0.25, 0.3) is 11.1 Å². The minimum Gasteiger partial charge on any atom is -0.481 e. The second-order valence-corrected chi connectivity index (χ2v) is 8.62. The number of fused-ring (bicyclic) bond motifs is 2. The van der Waals surface area contributed by atoms with E-state index < -0.39 is 6.04 Å². The normalized spacial score (nSPS) is 23.5. The molecular formula is C24H33N7O2. The molecule has 0 amide bonds. The summed E-state index contributed by atoms with van der Waals surface area (Å²) in [5.41, 5.74) is 8.76. The Bertz CT molecular complexity index is 1010. The zero-order valence-electron chi connectivity index (χ0n) is 19.7. The van der Waals surface area contributed by atoms with Gasteiger partial charge in [0.2, 0.25) is 11.8 Å². The van der Waals surface area contributed by atoms with Crippen LogP contribution in [0.5, 0.6) is 11.8 Å². The summed E-state index contributed by atoms with van der Waals surface area (Å²) >= 11 is 0. The van der Waals surface area contributed by atoms with Crippen molar-refractivity contribution >= 4 is 5.84 Å². The van der Waals surface area contributed by atoms with Crippen molar-refractivity contribution in [2.45, 2.75) is 49.9 Å². The van der Waals surface area contributed by atoms with Crippen molar-refractivity contribution in [3.05, 3.63) is 42.2 Å². The first-order valence-electron chi connectivity index (χ1n) is 11.3. The van der Waals surface area contributed by atoms with Gasteiger partial charge in [-0.05, 0) is 43.9 Å². The number of amidine groups is 1. The summed E-state index contributed by atoms with van der Waals surface area (Å²) in [7, 11) is 7.09. The lowest BCUT2D eigenvalue weighted by Crippen LogP contribution is -2.48. The lowest BCUT2D eigenvalue weighted by Gasteiger charge is -2.36. The number of nitrogens with zero attached hydrogens (tertiary/aromatic N) is 5. The Morgan fingerprint density at radius 1 is 1.24 bits per heavy atom. The number of likely N-dealkylation sites (N-methyl/N-ethyl adjacent to an activating group) is 1. The van der Waals surface area contributed by atoms with E-state index >= 15 is 0 Å². The van der Waals surface area contributed by atoms with Crippen molar-refractivity contribution in [1.82, 2.24) is 25.4 Å². The smallest absolute Gasteiger partial charge is 0.233 e. The number of aromatic nitrogens is 3. The monoisotopic (exact) mass is 451 g/mol. The molecule has 9 heteroatoms. The Labute approximate surface area is 195 Å². The van der Waals surface area contributed by atoms with Crippen LogP contribution in [-0.4, -0.2) is 72.4 Å². The van der Waals surface area contributed by atoms with Crippen LogP contribution in [0, 0.1) is 0 Å². The van der Waals surface area contributed by atoms with E-state index in [2.05, 4.69) is 37.4 Å². The molecule has 2 aromatic heterocycles. The Morgan fingerprint density at radius 2 is 2.00 bits per heavy atom. The zero-order chi connectivity index (χ0) is 23.4. The van der Waals surface area contributed by atoms with Gasteiger partial charge in [0.1, 0.15) is 5.84 Å². The van der Waals surface area contributed by atoms with Crippen molar-refractivity contribution in [3.63, 3.8) is 0 Å². The number of nitrogens with one attached hydrogen (secondary N) is 1. The van der Waals surface area contributed by atoms with Crippen LogP contribution in [0.3, 0.4) is 0 Å². The highest BCUT2D eigenvalue weighted by Gasteiger charge is 2.35. The first kappa shape index (κ1) is 23.1. The van der Waals surface area contributed by atoms with E-state index in [1.807, 2.05) is 31.3 Å². The lowest BCUT2D eigenvalue weighted by atomic mass is 9.98. The molecule has 0 aliphatic carbocycles. The molecule has 2 aromatic rings. The lowest BCUT2D eigenvalue weighted by molar-refractivity contribution is 0.245. The highest BCUT2D eigenvalue weighted by atomic mass is 16.5. The van der Waals surface area contributed by atoms with Crippen LogP contribution in [-0.2, 0) is 0 Å². The molecule has 3 unspecified atom stereocenters. The van der Waals surface area contributed by atoms with Crippen LogP contribution in [0.2, 0.25) is 0 Å². The van der Waals surface area contributed by atoms with Crippen LogP contribution in [0.4, 0.5) is 0 Å². The summed E-state index contributed by atoms with van der Waals surface area (Å²) in [6.45, 7) is 0. The quantitative estimate of drug-likeness (QED) is 0.488. The number of piperidine rings is 1. The number of aliphatic imine (C=N–C) groups is 1. The van der Waals surface area contributed by atoms with Gasteiger partial charge in [-0.1, -0.05) is 6.08 Å². The second-order valence-electron chi connectivity index (χ2n) is 8.62. The third-order valence-electron chi connectivity index (χ3n) is 6.61. The maximum absolute atomic E-state index is 6.46. The van der Waals surface area contributed by atoms with Crippen molar-refractivity contribution in [1.29, 1.82) is 0 Å². The summed E-state index contributed by atoms with van der Waals surface area (Å²) in [6.07, 6.45) is 10.4. The summed E-state index contributed by atoms with van der Waals surface area (Å²) in [5, 5.41) is 11.6. The molecule has 4 rings (SSSR count). The third kappa shape index (κ3) is 5.15. The van der Waals surface area contributed by atoms with Crippen LogP contribution < -0.4 is 20.5 Å². The topological polar surface area (TPSA) is 111 Å². The van der Waals surface area contributed by atoms with Gasteiger partial charge in [0, 0.05) is 49.4 Å². The summed E-state index contributed by atoms with van der Waals surface area (Å²) in [6, 6.07) is 6.98. The third-order valence-corrected chi connectivity index (χ3v) is 6.61. The number of methoxy groups -OCH3 is 2. The maximum Gasteiger partial charge on any atom is 0.233 e. The van der Waals surface area contributed by atoms with E-state index in [1.165, 1.54) is 12.8 Å². The second kappa shape index (κ2) is 10.3. The van der Waals surface area contributed by atoms with Crippen molar-refractivity contribution < 1.29 is 9.47 Å². The highest BCUT2D eigenvalue weighted by molar-refractivity contribution is 5.93. The summed E-state index contributed by atoms with van der Waals surface area (Å²) in [5.74, 6) is 1.82. The fraction of sp³-hybridized carbons (Fsp3) is 0.500. The number of hydrogen-bond donors (Lipinski definition) is 2. The highest BCUT2D eigenvalue weighted by Crippen LogP contribution is 2.31. The van der Waals surface area contributed by atoms with E-state index in [4.69, 9.17) is 15.2 Å². The Kier molecular flexibility index (Phi) is 7.20. The van der Waals surface area contributed by atoms with Crippen molar-refractivity contribution in [3.8, 4) is 22.9 Å². The van der Waals surface area contributed by atoms with Gasteiger partial charge in [-0.2, -0.15) is 5.10 Å². The largest absolute Gasteiger partial charge is 0.481 e. The SMILES string of the molecule is CN=C(/C=C\C(N)c1ccc(-c2cnnc(OC)c2)c(OC)n1)N(C)C1CC2CCC(C1)N2. The molecule has 2 aliphatic rings. The molecule has 2 saturated heterocycles. The molecule has 0 aromatic carbocycles. The molecule has 176 valence electrons. The van der Waals surface area contributed by atoms with E-state index in [1.54, 1.807) is 26.5 Å². The molecule has 9 nitrogen and oxygen atoms in total. The first-order valence-corrected chi connectivity index (χ1v) is 11.3. The van der Waals surface area contributed by atoms with Gasteiger partial charge in [-0.3, -0.25) is 4.99 Å². The number of nitrogens with two attached hydrogens (primary N) is 1. The number of pyridine rings is 1. The standard InChI is InChI=1S/C24H33N7O2/c1-26-22(31(2)18-12-16-5-6-17(13-18)28-16)10-8-20(25)21-9-7-19(24(29-21)33-4)15-11-23(32-3)30-27-14-15/h7-11,14,16-18,20,28H,5-6,12-13,25H2,1-4H3/b10-8-,26-22?. The first-order chi connectivity index (χ1) is 16.0. The molecule has 2 aliphatic heterocycles. The average molecular weight is 452 g/mol. The Morgan fingerprint density at radius 3 is 2.67 bits per heavy atom. The minimum atomic E-state index is -0.396. The Balaban J connectivity index is 1.48. The fourth-order valence-electron chi connectivity index (χ4n) is 4.78. The molecule has 4 heterocycles. The average Bonchev–Trinajstić information content (AvgIpc) is 3.20. The summed E-state index contributed by atoms with van der Waals surface area (Å²) in [4.78, 5) is 11.4.